The first kappa shape index (κ1) is 15.4. The van der Waals surface area contributed by atoms with Gasteiger partial charge >= 0.3 is 0 Å². The van der Waals surface area contributed by atoms with E-state index < -0.39 is 10.7 Å². The van der Waals surface area contributed by atoms with Crippen LogP contribution in [0.2, 0.25) is 5.02 Å². The maximum absolute atomic E-state index is 13.1. The third-order valence-electron chi connectivity index (χ3n) is 2.83. The zero-order chi connectivity index (χ0) is 16.4. The van der Waals surface area contributed by atoms with E-state index in [1.54, 1.807) is 24.3 Å². The van der Waals surface area contributed by atoms with Crippen LogP contribution in [0.4, 0.5) is 10.1 Å². The van der Waals surface area contributed by atoms with Crippen molar-refractivity contribution in [3.05, 3.63) is 63.4 Å². The van der Waals surface area contributed by atoms with Gasteiger partial charge in [-0.1, -0.05) is 23.7 Å². The summed E-state index contributed by atoms with van der Waals surface area (Å²) in [7, 11) is 0. The Labute approximate surface area is 138 Å². The Bertz CT molecular complexity index is 887. The Morgan fingerprint density at radius 1 is 1.22 bits per heavy atom. The number of halogens is 2. The minimum Gasteiger partial charge on any atom is -0.411 e. The Morgan fingerprint density at radius 2 is 2.00 bits per heavy atom. The summed E-state index contributed by atoms with van der Waals surface area (Å²) in [6.45, 7) is 0. The maximum atomic E-state index is 13.1. The van der Waals surface area contributed by atoms with E-state index in [0.717, 1.165) is 23.9 Å². The molecule has 0 bridgehead atoms. The van der Waals surface area contributed by atoms with E-state index >= 15 is 0 Å². The number of nitro benzene ring substituents is 1. The van der Waals surface area contributed by atoms with Gasteiger partial charge in [0.1, 0.15) is 5.82 Å². The maximum Gasteiger partial charge on any atom is 0.286 e. The third kappa shape index (κ3) is 3.33. The van der Waals surface area contributed by atoms with E-state index in [0.29, 0.717) is 10.6 Å². The van der Waals surface area contributed by atoms with Gasteiger partial charge in [-0.15, -0.1) is 10.2 Å². The van der Waals surface area contributed by atoms with Gasteiger partial charge in [0.2, 0.25) is 5.89 Å². The zero-order valence-electron chi connectivity index (χ0n) is 11.3. The summed E-state index contributed by atoms with van der Waals surface area (Å²) < 4.78 is 18.6. The molecule has 1 heterocycles. The average Bonchev–Trinajstić information content (AvgIpc) is 2.97. The minimum absolute atomic E-state index is 0.0922. The quantitative estimate of drug-likeness (QED) is 0.505. The van der Waals surface area contributed by atoms with E-state index in [1.807, 2.05) is 0 Å². The van der Waals surface area contributed by atoms with Gasteiger partial charge < -0.3 is 4.42 Å². The van der Waals surface area contributed by atoms with Crippen LogP contribution in [0.1, 0.15) is 0 Å². The first-order chi connectivity index (χ1) is 11.0. The Hall–Kier alpha value is -2.45. The summed E-state index contributed by atoms with van der Waals surface area (Å²) in [6.07, 6.45) is 0. The van der Waals surface area contributed by atoms with Crippen LogP contribution in [-0.4, -0.2) is 15.1 Å². The van der Waals surface area contributed by atoms with Crippen molar-refractivity contribution in [1.82, 2.24) is 10.2 Å². The molecule has 3 aromatic rings. The van der Waals surface area contributed by atoms with Gasteiger partial charge in [-0.05, 0) is 36.0 Å². The second-order valence-electron chi connectivity index (χ2n) is 4.32. The summed E-state index contributed by atoms with van der Waals surface area (Å²) >= 11 is 6.93. The van der Waals surface area contributed by atoms with Crippen molar-refractivity contribution in [3.8, 4) is 11.5 Å². The standard InChI is InChI=1S/C14H7ClFN3O3S/c15-10-4-2-1-3-9(10)13-17-18-14(22-13)23-12-6-5-8(16)7-11(12)19(20)21/h1-7H. The van der Waals surface area contributed by atoms with Gasteiger partial charge in [-0.3, -0.25) is 10.1 Å². The largest absolute Gasteiger partial charge is 0.411 e. The lowest BCUT2D eigenvalue weighted by Gasteiger charge is -1.99. The van der Waals surface area contributed by atoms with E-state index in [4.69, 9.17) is 16.0 Å². The minimum atomic E-state index is -0.691. The van der Waals surface area contributed by atoms with Crippen LogP contribution >= 0.6 is 23.4 Å². The summed E-state index contributed by atoms with van der Waals surface area (Å²) in [4.78, 5) is 10.5. The highest BCUT2D eigenvalue weighted by Gasteiger charge is 2.19. The highest BCUT2D eigenvalue weighted by molar-refractivity contribution is 7.99. The highest BCUT2D eigenvalue weighted by atomic mass is 35.5. The Kier molecular flexibility index (Phi) is 4.26. The molecule has 0 aliphatic rings. The number of nitrogens with zero attached hydrogens (tertiary/aromatic N) is 3. The van der Waals surface area contributed by atoms with Crippen molar-refractivity contribution >= 4 is 29.1 Å². The molecular weight excluding hydrogens is 345 g/mol. The van der Waals surface area contributed by atoms with E-state index in [-0.39, 0.29) is 21.7 Å². The molecule has 2 aromatic carbocycles. The Morgan fingerprint density at radius 3 is 2.74 bits per heavy atom. The molecule has 0 atom stereocenters. The van der Waals surface area contributed by atoms with E-state index in [2.05, 4.69) is 10.2 Å². The number of nitro groups is 1. The Balaban J connectivity index is 1.91. The normalized spacial score (nSPS) is 10.7. The number of hydrogen-bond donors (Lipinski definition) is 0. The van der Waals surface area contributed by atoms with Crippen LogP contribution in [0.15, 0.2) is 57.0 Å². The van der Waals surface area contributed by atoms with Gasteiger partial charge in [0.25, 0.3) is 10.9 Å². The smallest absolute Gasteiger partial charge is 0.286 e. The second-order valence-corrected chi connectivity index (χ2v) is 5.72. The molecule has 3 rings (SSSR count). The number of hydrogen-bond acceptors (Lipinski definition) is 6. The number of benzene rings is 2. The second kappa shape index (κ2) is 6.35. The molecule has 0 saturated heterocycles. The van der Waals surface area contributed by atoms with E-state index in [9.17, 15) is 14.5 Å². The number of aromatic nitrogens is 2. The van der Waals surface area contributed by atoms with E-state index in [1.165, 1.54) is 6.07 Å². The van der Waals surface area contributed by atoms with Crippen molar-refractivity contribution in [2.45, 2.75) is 10.1 Å². The molecular formula is C14H7ClFN3O3S. The fraction of sp³-hybridized carbons (Fsp3) is 0. The summed E-state index contributed by atoms with van der Waals surface area (Å²) in [5.41, 5.74) is 0.189. The van der Waals surface area contributed by atoms with Crippen LogP contribution in [-0.2, 0) is 0 Å². The molecule has 0 fully saturated rings. The molecule has 9 heteroatoms. The lowest BCUT2D eigenvalue weighted by Crippen LogP contribution is -1.91. The fourth-order valence-corrected chi connectivity index (χ4v) is 2.79. The summed E-state index contributed by atoms with van der Waals surface area (Å²) in [5, 5.41) is 19.2. The van der Waals surface area contributed by atoms with Gasteiger partial charge in [-0.25, -0.2) is 4.39 Å². The third-order valence-corrected chi connectivity index (χ3v) is 4.06. The predicted octanol–water partition coefficient (Wildman–Crippen LogP) is 4.59. The molecule has 6 nitrogen and oxygen atoms in total. The molecule has 0 amide bonds. The lowest BCUT2D eigenvalue weighted by molar-refractivity contribution is -0.387. The van der Waals surface area contributed by atoms with Crippen molar-refractivity contribution in [1.29, 1.82) is 0 Å². The van der Waals surface area contributed by atoms with Crippen LogP contribution < -0.4 is 0 Å². The predicted molar refractivity (Wildman–Crippen MR) is 81.9 cm³/mol. The van der Waals surface area contributed by atoms with Crippen molar-refractivity contribution < 1.29 is 13.7 Å². The SMILES string of the molecule is O=[N+]([O-])c1cc(F)ccc1Sc1nnc(-c2ccccc2Cl)o1. The van der Waals surface area contributed by atoms with Crippen molar-refractivity contribution in [2.75, 3.05) is 0 Å². The molecule has 0 unspecified atom stereocenters. The van der Waals surface area contributed by atoms with Gasteiger partial charge in [0, 0.05) is 0 Å². The zero-order valence-corrected chi connectivity index (χ0v) is 12.8. The molecule has 0 saturated carbocycles. The van der Waals surface area contributed by atoms with Gasteiger partial charge in [-0.2, -0.15) is 0 Å². The molecule has 0 N–H and O–H groups in total. The topological polar surface area (TPSA) is 82.1 Å². The molecule has 0 aliphatic heterocycles. The molecule has 0 aliphatic carbocycles. The first-order valence-electron chi connectivity index (χ1n) is 6.25. The van der Waals surface area contributed by atoms with Crippen molar-refractivity contribution in [3.63, 3.8) is 0 Å². The van der Waals surface area contributed by atoms with Crippen LogP contribution in [0.5, 0.6) is 0 Å². The fourth-order valence-electron chi connectivity index (χ4n) is 1.81. The van der Waals surface area contributed by atoms with Crippen LogP contribution in [0, 0.1) is 15.9 Å². The lowest BCUT2D eigenvalue weighted by atomic mass is 10.2. The van der Waals surface area contributed by atoms with Gasteiger partial charge in [0.15, 0.2) is 0 Å². The van der Waals surface area contributed by atoms with Gasteiger partial charge in [0.05, 0.1) is 26.5 Å². The summed E-state index contributed by atoms with van der Waals surface area (Å²) in [6, 6.07) is 10.2. The molecule has 23 heavy (non-hydrogen) atoms. The van der Waals surface area contributed by atoms with Crippen LogP contribution in [0.25, 0.3) is 11.5 Å². The molecule has 116 valence electrons. The molecule has 0 radical (unpaired) electrons. The van der Waals surface area contributed by atoms with Crippen LogP contribution in [0.3, 0.4) is 0 Å². The first-order valence-corrected chi connectivity index (χ1v) is 7.44. The number of rotatable bonds is 4. The molecule has 1 aromatic heterocycles. The average molecular weight is 352 g/mol. The highest BCUT2D eigenvalue weighted by Crippen LogP contribution is 2.36. The summed E-state index contributed by atoms with van der Waals surface area (Å²) in [5.74, 6) is -0.494. The molecule has 0 spiro atoms. The monoisotopic (exact) mass is 351 g/mol. The van der Waals surface area contributed by atoms with Crippen molar-refractivity contribution in [2.24, 2.45) is 0 Å².